The molecule has 0 unspecified atom stereocenters. The summed E-state index contributed by atoms with van der Waals surface area (Å²) < 4.78 is 4.74. The van der Waals surface area contributed by atoms with Gasteiger partial charge in [0.1, 0.15) is 0 Å². The number of ether oxygens (including phenoxy) is 1. The Morgan fingerprint density at radius 1 is 1.12 bits per heavy atom. The van der Waals surface area contributed by atoms with Crippen molar-refractivity contribution in [1.29, 1.82) is 0 Å². The average molecular weight is 351 g/mol. The van der Waals surface area contributed by atoms with Crippen LogP contribution in [0, 0.1) is 0 Å². The first-order valence-electron chi connectivity index (χ1n) is 8.20. The van der Waals surface area contributed by atoms with Crippen molar-refractivity contribution in [3.63, 3.8) is 0 Å². The third-order valence-corrected chi connectivity index (χ3v) is 3.96. The zero-order valence-electron chi connectivity index (χ0n) is 15.0. The number of methoxy groups -OCH3 is 1. The number of benzene rings is 2. The van der Waals surface area contributed by atoms with Crippen LogP contribution < -0.4 is 5.32 Å². The molecular weight excluding hydrogens is 330 g/mol. The minimum atomic E-state index is -0.657. The van der Waals surface area contributed by atoms with E-state index in [-0.39, 0.29) is 11.4 Å². The van der Waals surface area contributed by atoms with E-state index in [9.17, 15) is 9.90 Å². The fourth-order valence-corrected chi connectivity index (χ4v) is 2.79. The van der Waals surface area contributed by atoms with Crippen LogP contribution in [0.25, 0.3) is 10.8 Å². The van der Waals surface area contributed by atoms with Crippen molar-refractivity contribution in [2.75, 3.05) is 26.5 Å². The molecule has 0 radical (unpaired) electrons. The van der Waals surface area contributed by atoms with Gasteiger partial charge < -0.3 is 20.1 Å². The normalized spacial score (nSPS) is 10.9. The van der Waals surface area contributed by atoms with Crippen molar-refractivity contribution in [1.82, 2.24) is 9.88 Å². The second-order valence-corrected chi connectivity index (χ2v) is 6.24. The Kier molecular flexibility index (Phi) is 5.04. The number of hydrogen-bond donors (Lipinski definition) is 2. The van der Waals surface area contributed by atoms with Gasteiger partial charge in [-0.3, -0.25) is 0 Å². The van der Waals surface area contributed by atoms with Gasteiger partial charge in [-0.05, 0) is 44.4 Å². The predicted molar refractivity (Wildman–Crippen MR) is 102 cm³/mol. The van der Waals surface area contributed by atoms with E-state index < -0.39 is 5.97 Å². The van der Waals surface area contributed by atoms with Gasteiger partial charge in [0.25, 0.3) is 0 Å². The van der Waals surface area contributed by atoms with Gasteiger partial charge in [0.05, 0.1) is 12.8 Å². The van der Waals surface area contributed by atoms with E-state index in [0.717, 1.165) is 16.8 Å². The first-order valence-corrected chi connectivity index (χ1v) is 8.20. The molecule has 2 aromatic carbocycles. The lowest BCUT2D eigenvalue weighted by atomic mass is 10.1. The van der Waals surface area contributed by atoms with Crippen LogP contribution in [0.5, 0.6) is 5.75 Å². The molecule has 1 aromatic heterocycles. The van der Waals surface area contributed by atoms with Crippen molar-refractivity contribution < 1.29 is 14.6 Å². The molecular formula is C20H21N3O3. The summed E-state index contributed by atoms with van der Waals surface area (Å²) in [5.41, 5.74) is 2.46. The van der Waals surface area contributed by atoms with Crippen LogP contribution in [-0.4, -0.2) is 42.2 Å². The number of nitrogens with zero attached hydrogens (tertiary/aromatic N) is 2. The van der Waals surface area contributed by atoms with Crippen LogP contribution in [0.2, 0.25) is 0 Å². The third-order valence-electron chi connectivity index (χ3n) is 3.96. The van der Waals surface area contributed by atoms with E-state index in [2.05, 4.69) is 10.3 Å². The van der Waals surface area contributed by atoms with E-state index in [4.69, 9.17) is 4.74 Å². The smallest absolute Gasteiger partial charge is 0.360 e. The number of fused-ring (bicyclic) bond motifs is 1. The molecule has 0 spiro atoms. The van der Waals surface area contributed by atoms with Crippen LogP contribution in [-0.2, 0) is 11.3 Å². The van der Waals surface area contributed by atoms with Gasteiger partial charge in [-0.25, -0.2) is 9.78 Å². The highest BCUT2D eigenvalue weighted by Gasteiger charge is 2.20. The van der Waals surface area contributed by atoms with Crippen molar-refractivity contribution in [3.8, 4) is 5.75 Å². The lowest BCUT2D eigenvalue weighted by molar-refractivity contribution is 0.0590. The summed E-state index contributed by atoms with van der Waals surface area (Å²) in [6.07, 6.45) is 0. The number of rotatable bonds is 5. The molecule has 26 heavy (non-hydrogen) atoms. The largest absolute Gasteiger partial charge is 0.505 e. The molecule has 1 heterocycles. The van der Waals surface area contributed by atoms with E-state index in [1.165, 1.54) is 7.11 Å². The fourth-order valence-electron chi connectivity index (χ4n) is 2.79. The molecule has 134 valence electrons. The summed E-state index contributed by atoms with van der Waals surface area (Å²) in [5.74, 6) is -0.823. The van der Waals surface area contributed by atoms with Gasteiger partial charge in [0.2, 0.25) is 0 Å². The first kappa shape index (κ1) is 17.7. The molecule has 0 aliphatic carbocycles. The van der Waals surface area contributed by atoms with Gasteiger partial charge in [0.15, 0.2) is 11.4 Å². The molecule has 0 amide bonds. The number of para-hydroxylation sites is 1. The van der Waals surface area contributed by atoms with E-state index in [1.807, 2.05) is 61.5 Å². The molecule has 0 saturated carbocycles. The number of anilines is 2. The SMILES string of the molecule is COC(=O)c1nc(CN(C)C)c2cc(Nc3ccccc3)ccc2c1O. The predicted octanol–water partition coefficient (Wildman–Crippen LogP) is 3.53. The van der Waals surface area contributed by atoms with Crippen LogP contribution in [0.4, 0.5) is 11.4 Å². The lowest BCUT2D eigenvalue weighted by Gasteiger charge is -2.16. The maximum absolute atomic E-state index is 12.0. The summed E-state index contributed by atoms with van der Waals surface area (Å²) >= 11 is 0. The maximum Gasteiger partial charge on any atom is 0.360 e. The van der Waals surface area contributed by atoms with Crippen molar-refractivity contribution in [3.05, 3.63) is 59.9 Å². The number of carbonyl (C=O) groups excluding carboxylic acids is 1. The Labute approximate surface area is 152 Å². The van der Waals surface area contributed by atoms with Gasteiger partial charge in [-0.1, -0.05) is 18.2 Å². The molecule has 6 heteroatoms. The molecule has 2 N–H and O–H groups in total. The van der Waals surface area contributed by atoms with E-state index in [1.54, 1.807) is 6.07 Å². The lowest BCUT2D eigenvalue weighted by Crippen LogP contribution is -2.15. The van der Waals surface area contributed by atoms with Gasteiger partial charge in [-0.2, -0.15) is 0 Å². The fraction of sp³-hybridized carbons (Fsp3) is 0.200. The maximum atomic E-state index is 12.0. The summed E-state index contributed by atoms with van der Waals surface area (Å²) in [5, 5.41) is 15.2. The monoisotopic (exact) mass is 351 g/mol. The summed E-state index contributed by atoms with van der Waals surface area (Å²) in [6, 6.07) is 15.4. The highest BCUT2D eigenvalue weighted by molar-refractivity contribution is 6.01. The second kappa shape index (κ2) is 7.41. The number of hydrogen-bond acceptors (Lipinski definition) is 6. The molecule has 3 aromatic rings. The minimum Gasteiger partial charge on any atom is -0.505 e. The first-order chi connectivity index (χ1) is 12.5. The van der Waals surface area contributed by atoms with Crippen LogP contribution in [0.1, 0.15) is 16.2 Å². The minimum absolute atomic E-state index is 0.0689. The summed E-state index contributed by atoms with van der Waals surface area (Å²) in [4.78, 5) is 18.3. The van der Waals surface area contributed by atoms with Gasteiger partial charge in [-0.15, -0.1) is 0 Å². The molecule has 0 aliphatic rings. The summed E-state index contributed by atoms with van der Waals surface area (Å²) in [7, 11) is 5.11. The van der Waals surface area contributed by atoms with Crippen molar-refractivity contribution in [2.45, 2.75) is 6.54 Å². The second-order valence-electron chi connectivity index (χ2n) is 6.24. The topological polar surface area (TPSA) is 74.7 Å². The van der Waals surface area contributed by atoms with Crippen LogP contribution in [0.3, 0.4) is 0 Å². The Balaban J connectivity index is 2.13. The average Bonchev–Trinajstić information content (AvgIpc) is 2.64. The zero-order chi connectivity index (χ0) is 18.7. The summed E-state index contributed by atoms with van der Waals surface area (Å²) in [6.45, 7) is 0.523. The number of aromatic hydroxyl groups is 1. The van der Waals surface area contributed by atoms with Crippen molar-refractivity contribution in [2.24, 2.45) is 0 Å². The van der Waals surface area contributed by atoms with Gasteiger partial charge >= 0.3 is 5.97 Å². The quantitative estimate of drug-likeness (QED) is 0.685. The third kappa shape index (κ3) is 3.60. The number of esters is 1. The number of pyridine rings is 1. The highest BCUT2D eigenvalue weighted by atomic mass is 16.5. The Morgan fingerprint density at radius 2 is 1.85 bits per heavy atom. The molecule has 0 fully saturated rings. The van der Waals surface area contributed by atoms with Gasteiger partial charge in [0, 0.05) is 28.7 Å². The van der Waals surface area contributed by atoms with Crippen LogP contribution >= 0.6 is 0 Å². The van der Waals surface area contributed by atoms with E-state index >= 15 is 0 Å². The molecule has 6 nitrogen and oxygen atoms in total. The number of aromatic nitrogens is 1. The Morgan fingerprint density at radius 3 is 2.50 bits per heavy atom. The molecule has 0 saturated heterocycles. The van der Waals surface area contributed by atoms with Crippen LogP contribution in [0.15, 0.2) is 48.5 Å². The number of nitrogens with one attached hydrogen (secondary N) is 1. The number of carbonyl (C=O) groups is 1. The zero-order valence-corrected chi connectivity index (χ0v) is 15.0. The Bertz CT molecular complexity index is 940. The van der Waals surface area contributed by atoms with E-state index in [0.29, 0.717) is 17.6 Å². The molecule has 0 bridgehead atoms. The Hall–Kier alpha value is -3.12. The van der Waals surface area contributed by atoms with Crippen molar-refractivity contribution >= 4 is 28.1 Å². The molecule has 0 aliphatic heterocycles. The highest BCUT2D eigenvalue weighted by Crippen LogP contribution is 2.33. The standard InChI is InChI=1S/C20H21N3O3/c1-23(2)12-17-16-11-14(21-13-7-5-4-6-8-13)9-10-15(16)19(24)18(22-17)20(25)26-3/h4-11,21,24H,12H2,1-3H3. The molecule has 3 rings (SSSR count). The molecule has 0 atom stereocenters.